The third-order valence-electron chi connectivity index (χ3n) is 10.3. The van der Waals surface area contributed by atoms with Crippen LogP contribution >= 0.6 is 0 Å². The van der Waals surface area contributed by atoms with Gasteiger partial charge in [0.15, 0.2) is 0 Å². The van der Waals surface area contributed by atoms with E-state index in [0.717, 1.165) is 11.3 Å². The first-order chi connectivity index (χ1) is 24.5. The van der Waals surface area contributed by atoms with E-state index >= 15 is 0 Å². The van der Waals surface area contributed by atoms with Gasteiger partial charge in [0, 0.05) is 23.9 Å². The van der Waals surface area contributed by atoms with Crippen LogP contribution in [0.4, 0.5) is 9.18 Å². The average Bonchev–Trinajstić information content (AvgIpc) is 3.99. The van der Waals surface area contributed by atoms with E-state index in [0.29, 0.717) is 49.7 Å². The molecule has 2 aliphatic carbocycles. The predicted octanol–water partition coefficient (Wildman–Crippen LogP) is 3.83. The Labute approximate surface area is 302 Å². The number of allylic oxidation sites excluding steroid dienone is 1. The van der Waals surface area contributed by atoms with Crippen molar-refractivity contribution in [2.75, 3.05) is 6.54 Å². The number of fused-ring (bicyclic) bond motifs is 3. The summed E-state index contributed by atoms with van der Waals surface area (Å²) >= 11 is 0. The molecule has 2 aromatic rings. The van der Waals surface area contributed by atoms with Gasteiger partial charge in [-0.1, -0.05) is 31.9 Å². The lowest BCUT2D eigenvalue weighted by atomic mass is 9.98. The molecule has 1 aromatic heterocycles. The Morgan fingerprint density at radius 1 is 1.13 bits per heavy atom. The first-order valence-corrected chi connectivity index (χ1v) is 19.6. The Hall–Kier alpha value is -4.34. The van der Waals surface area contributed by atoms with Crippen molar-refractivity contribution in [3.63, 3.8) is 0 Å². The minimum atomic E-state index is -3.92. The summed E-state index contributed by atoms with van der Waals surface area (Å²) in [7, 11) is -3.92. The molecule has 3 heterocycles. The van der Waals surface area contributed by atoms with Gasteiger partial charge in [-0.15, -0.1) is 0 Å². The maximum atomic E-state index is 14.7. The SMILES string of the molecule is CCc1nc2ccc(F)cc2nc1O[C@@H]1C[C@H]2C(=O)N[C@]3(C(=O)NS(=O)(=O)C4CC4)C[C@H]3C=CCCCCC[C@H](N(C(=O)O)C(C)(C)C)C(=O)N2C1. The summed E-state index contributed by atoms with van der Waals surface area (Å²) in [4.78, 5) is 67.0. The number of nitrogens with zero attached hydrogens (tertiary/aromatic N) is 4. The zero-order valence-corrected chi connectivity index (χ0v) is 30.7. The molecule has 0 radical (unpaired) electrons. The Balaban J connectivity index is 1.36. The predicted molar refractivity (Wildman–Crippen MR) is 188 cm³/mol. The van der Waals surface area contributed by atoms with Gasteiger partial charge in [0.05, 0.1) is 22.8 Å². The highest BCUT2D eigenvalue weighted by molar-refractivity contribution is 7.91. The van der Waals surface area contributed by atoms with Gasteiger partial charge in [-0.05, 0) is 77.8 Å². The highest BCUT2D eigenvalue weighted by Crippen LogP contribution is 2.46. The fourth-order valence-corrected chi connectivity index (χ4v) is 8.72. The van der Waals surface area contributed by atoms with Crippen LogP contribution in [0.15, 0.2) is 30.4 Å². The third-order valence-corrected chi connectivity index (χ3v) is 12.1. The van der Waals surface area contributed by atoms with Gasteiger partial charge in [0.2, 0.25) is 27.7 Å². The molecule has 3 fully saturated rings. The second-order valence-corrected chi connectivity index (χ2v) is 17.3. The number of hydrogen-bond acceptors (Lipinski definition) is 9. The van der Waals surface area contributed by atoms with E-state index < -0.39 is 80.1 Å². The number of halogens is 1. The number of ether oxygens (including phenoxy) is 1. The van der Waals surface area contributed by atoms with Crippen LogP contribution in [0.25, 0.3) is 11.0 Å². The second-order valence-electron chi connectivity index (χ2n) is 15.3. The van der Waals surface area contributed by atoms with Crippen LogP contribution in [0, 0.1) is 11.7 Å². The van der Waals surface area contributed by atoms with Crippen molar-refractivity contribution >= 4 is 44.9 Å². The average molecular weight is 743 g/mol. The number of rotatable bonds is 7. The number of carbonyl (C=O) groups excluding carboxylic acids is 3. The normalized spacial score (nSPS) is 27.1. The van der Waals surface area contributed by atoms with Crippen LogP contribution < -0.4 is 14.8 Å². The molecule has 14 nitrogen and oxygen atoms in total. The zero-order valence-electron chi connectivity index (χ0n) is 29.9. The molecule has 2 aliphatic heterocycles. The monoisotopic (exact) mass is 742 g/mol. The van der Waals surface area contributed by atoms with E-state index in [9.17, 15) is 37.1 Å². The van der Waals surface area contributed by atoms with Crippen molar-refractivity contribution in [2.24, 2.45) is 5.92 Å². The molecule has 282 valence electrons. The van der Waals surface area contributed by atoms with Gasteiger partial charge < -0.3 is 20.1 Å². The maximum Gasteiger partial charge on any atom is 0.408 e. The van der Waals surface area contributed by atoms with Gasteiger partial charge in [-0.25, -0.2) is 27.6 Å². The van der Waals surface area contributed by atoms with Crippen LogP contribution in [0.5, 0.6) is 5.88 Å². The quantitative estimate of drug-likeness (QED) is 0.352. The number of nitrogens with one attached hydrogen (secondary N) is 2. The van der Waals surface area contributed by atoms with Gasteiger partial charge in [-0.3, -0.25) is 24.0 Å². The summed E-state index contributed by atoms with van der Waals surface area (Å²) in [6.45, 7) is 6.85. The highest BCUT2D eigenvalue weighted by Gasteiger charge is 2.62. The number of sulfonamides is 1. The summed E-state index contributed by atoms with van der Waals surface area (Å²) in [5.41, 5.74) is -1.29. The summed E-state index contributed by atoms with van der Waals surface area (Å²) in [6, 6.07) is 1.70. The van der Waals surface area contributed by atoms with E-state index in [4.69, 9.17) is 4.74 Å². The molecule has 0 spiro atoms. The maximum absolute atomic E-state index is 14.7. The number of carboxylic acid groups (broad SMARTS) is 1. The summed E-state index contributed by atoms with van der Waals surface area (Å²) in [5.74, 6) is -2.96. The van der Waals surface area contributed by atoms with Crippen molar-refractivity contribution in [3.05, 3.63) is 41.9 Å². The molecule has 3 N–H and O–H groups in total. The number of benzene rings is 1. The number of amides is 4. The van der Waals surface area contributed by atoms with Crippen LogP contribution in [-0.4, -0.2) is 98.2 Å². The molecule has 16 heteroatoms. The first-order valence-electron chi connectivity index (χ1n) is 18.0. The van der Waals surface area contributed by atoms with Gasteiger partial charge in [0.1, 0.15) is 35.2 Å². The van der Waals surface area contributed by atoms with E-state index in [2.05, 4.69) is 20.0 Å². The molecule has 0 unspecified atom stereocenters. The molecule has 1 aromatic carbocycles. The highest BCUT2D eigenvalue weighted by atomic mass is 32.2. The fraction of sp³-hybridized carbons (Fsp3) is 0.611. The van der Waals surface area contributed by atoms with E-state index in [-0.39, 0.29) is 37.2 Å². The Bertz CT molecular complexity index is 1900. The van der Waals surface area contributed by atoms with Gasteiger partial charge >= 0.3 is 6.09 Å². The van der Waals surface area contributed by atoms with E-state index in [1.807, 2.05) is 19.1 Å². The lowest BCUT2D eigenvalue weighted by Crippen LogP contribution is -2.60. The molecular formula is C36H47FN6O8S. The minimum Gasteiger partial charge on any atom is -0.471 e. The van der Waals surface area contributed by atoms with Crippen LogP contribution in [0.1, 0.15) is 91.2 Å². The molecule has 6 rings (SSSR count). The van der Waals surface area contributed by atoms with Crippen molar-refractivity contribution < 1.29 is 41.8 Å². The lowest BCUT2D eigenvalue weighted by Gasteiger charge is -2.41. The molecule has 1 saturated heterocycles. The Morgan fingerprint density at radius 3 is 2.56 bits per heavy atom. The second kappa shape index (κ2) is 14.2. The first kappa shape index (κ1) is 37.4. The molecule has 0 bridgehead atoms. The Morgan fingerprint density at radius 2 is 1.88 bits per heavy atom. The minimum absolute atomic E-state index is 0.0442. The van der Waals surface area contributed by atoms with Crippen molar-refractivity contribution in [3.8, 4) is 5.88 Å². The standard InChI is InChI=1S/C36H47FN6O8S/c1-5-25-31(39-27-17-22(37)13-16-26(27)38-25)51-23-18-29-30(44)40-36(33(46)41-52(49,50)24-14-15-24)19-21(36)11-9-7-6-8-10-12-28(32(45)42(29)20-23)43(34(47)48)35(2,3)4/h9,11,13,16-17,21,23-24,28-29H,5-8,10,12,14-15,18-20H2,1-4H3,(H,40,44)(H,41,46)(H,47,48)/t21-,23-,28+,29+,36-/m1/s1. The van der Waals surface area contributed by atoms with Crippen molar-refractivity contribution in [1.82, 2.24) is 29.8 Å². The lowest BCUT2D eigenvalue weighted by molar-refractivity contribution is -0.144. The topological polar surface area (TPSA) is 188 Å². The van der Waals surface area contributed by atoms with Gasteiger partial charge in [-0.2, -0.15) is 0 Å². The number of hydrogen-bond donors (Lipinski definition) is 3. The third kappa shape index (κ3) is 7.71. The number of aryl methyl sites for hydroxylation is 1. The van der Waals surface area contributed by atoms with E-state index in [1.54, 1.807) is 20.8 Å². The molecule has 4 aliphatic rings. The van der Waals surface area contributed by atoms with Crippen molar-refractivity contribution in [2.45, 2.75) is 126 Å². The smallest absolute Gasteiger partial charge is 0.408 e. The van der Waals surface area contributed by atoms with E-state index in [1.165, 1.54) is 23.1 Å². The van der Waals surface area contributed by atoms with Gasteiger partial charge in [0.25, 0.3) is 5.91 Å². The molecule has 5 atom stereocenters. The Kier molecular flexibility index (Phi) is 10.2. The zero-order chi connectivity index (χ0) is 37.6. The van der Waals surface area contributed by atoms with Crippen LogP contribution in [0.2, 0.25) is 0 Å². The molecule has 2 saturated carbocycles. The van der Waals surface area contributed by atoms with Crippen LogP contribution in [0.3, 0.4) is 0 Å². The summed E-state index contributed by atoms with van der Waals surface area (Å²) in [5, 5.41) is 12.5. The number of carbonyl (C=O) groups is 4. The summed E-state index contributed by atoms with van der Waals surface area (Å²) < 4.78 is 48.2. The van der Waals surface area contributed by atoms with Crippen LogP contribution in [-0.2, 0) is 30.8 Å². The largest absolute Gasteiger partial charge is 0.471 e. The van der Waals surface area contributed by atoms with Crippen molar-refractivity contribution in [1.29, 1.82) is 0 Å². The fourth-order valence-electron chi connectivity index (χ4n) is 7.35. The number of aromatic nitrogens is 2. The molecule has 4 amide bonds. The molecule has 52 heavy (non-hydrogen) atoms. The molecular weight excluding hydrogens is 695 g/mol. The summed E-state index contributed by atoms with van der Waals surface area (Å²) in [6.07, 6.45) is 5.97.